The Morgan fingerprint density at radius 1 is 1.35 bits per heavy atom. The van der Waals surface area contributed by atoms with Gasteiger partial charge >= 0.3 is 0 Å². The van der Waals surface area contributed by atoms with Crippen LogP contribution >= 0.6 is 0 Å². The Hall–Kier alpha value is -0.990. The van der Waals surface area contributed by atoms with Crippen molar-refractivity contribution in [3.05, 3.63) is 11.3 Å². The number of rotatable bonds is 2. The van der Waals surface area contributed by atoms with Crippen molar-refractivity contribution >= 4 is 5.82 Å². The molecule has 1 aliphatic rings. The van der Waals surface area contributed by atoms with Crippen LogP contribution in [0.4, 0.5) is 5.82 Å². The average molecular weight is 235 g/mol. The van der Waals surface area contributed by atoms with Crippen molar-refractivity contribution in [3.8, 4) is 0 Å². The first kappa shape index (κ1) is 12.5. The summed E-state index contributed by atoms with van der Waals surface area (Å²) in [5, 5.41) is 11.3. The summed E-state index contributed by atoms with van der Waals surface area (Å²) in [6, 6.07) is 0. The van der Waals surface area contributed by atoms with E-state index >= 15 is 0 Å². The van der Waals surface area contributed by atoms with E-state index in [-0.39, 0.29) is 5.54 Å². The van der Waals surface area contributed by atoms with E-state index in [1.54, 1.807) is 0 Å². The molecule has 1 aromatic rings. The van der Waals surface area contributed by atoms with Crippen LogP contribution in [-0.4, -0.2) is 15.7 Å². The molecule has 0 bridgehead atoms. The zero-order valence-electron chi connectivity index (χ0n) is 11.7. The molecule has 0 aliphatic heterocycles. The fourth-order valence-corrected chi connectivity index (χ4v) is 2.71. The van der Waals surface area contributed by atoms with Crippen molar-refractivity contribution < 1.29 is 0 Å². The van der Waals surface area contributed by atoms with Gasteiger partial charge < -0.3 is 5.32 Å². The van der Waals surface area contributed by atoms with Crippen LogP contribution in [0.15, 0.2) is 0 Å². The molecule has 2 N–H and O–H groups in total. The van der Waals surface area contributed by atoms with Crippen molar-refractivity contribution in [1.29, 1.82) is 0 Å². The zero-order chi connectivity index (χ0) is 12.6. The maximum Gasteiger partial charge on any atom is 0.151 e. The van der Waals surface area contributed by atoms with Gasteiger partial charge in [0.25, 0.3) is 0 Å². The van der Waals surface area contributed by atoms with Gasteiger partial charge in [-0.05, 0) is 46.0 Å². The summed E-state index contributed by atoms with van der Waals surface area (Å²) < 4.78 is 0. The molecule has 0 spiro atoms. The topological polar surface area (TPSA) is 40.7 Å². The van der Waals surface area contributed by atoms with Crippen LogP contribution < -0.4 is 5.32 Å². The van der Waals surface area contributed by atoms with E-state index < -0.39 is 0 Å². The third-order valence-corrected chi connectivity index (χ3v) is 3.51. The van der Waals surface area contributed by atoms with E-state index in [2.05, 4.69) is 50.1 Å². The molecular weight excluding hydrogens is 210 g/mol. The lowest BCUT2D eigenvalue weighted by molar-refractivity contribution is 0.425. The first-order chi connectivity index (χ1) is 7.88. The van der Waals surface area contributed by atoms with E-state index in [1.807, 2.05) is 0 Å². The first-order valence-corrected chi connectivity index (χ1v) is 6.74. The van der Waals surface area contributed by atoms with Gasteiger partial charge in [-0.25, -0.2) is 0 Å². The fourth-order valence-electron chi connectivity index (χ4n) is 2.71. The molecule has 17 heavy (non-hydrogen) atoms. The number of fused-ring (bicyclic) bond motifs is 1. The van der Waals surface area contributed by atoms with Gasteiger partial charge in [-0.2, -0.15) is 5.10 Å². The summed E-state index contributed by atoms with van der Waals surface area (Å²) >= 11 is 0. The summed E-state index contributed by atoms with van der Waals surface area (Å²) in [5.74, 6) is 2.41. The highest BCUT2D eigenvalue weighted by molar-refractivity contribution is 5.50. The summed E-state index contributed by atoms with van der Waals surface area (Å²) in [4.78, 5) is 0. The van der Waals surface area contributed by atoms with Crippen LogP contribution in [0.5, 0.6) is 0 Å². The largest absolute Gasteiger partial charge is 0.364 e. The molecule has 0 saturated carbocycles. The Balaban J connectivity index is 2.28. The highest BCUT2D eigenvalue weighted by atomic mass is 15.2. The van der Waals surface area contributed by atoms with E-state index in [1.165, 1.54) is 24.1 Å². The second-order valence-corrected chi connectivity index (χ2v) is 6.58. The van der Waals surface area contributed by atoms with Crippen molar-refractivity contribution in [2.75, 3.05) is 5.32 Å². The number of nitrogens with zero attached hydrogens (tertiary/aromatic N) is 1. The van der Waals surface area contributed by atoms with Gasteiger partial charge in [-0.15, -0.1) is 0 Å². The molecular formula is C14H25N3. The average Bonchev–Trinajstić information content (AvgIpc) is 2.59. The highest BCUT2D eigenvalue weighted by Gasteiger charge is 2.28. The number of hydrogen-bond acceptors (Lipinski definition) is 2. The lowest BCUT2D eigenvalue weighted by Crippen LogP contribution is -2.27. The van der Waals surface area contributed by atoms with Gasteiger partial charge in [-0.1, -0.05) is 13.8 Å². The normalized spacial score (nSPS) is 20.5. The van der Waals surface area contributed by atoms with Gasteiger partial charge in [0.05, 0.1) is 0 Å². The Bertz CT molecular complexity index is 385. The number of aromatic amines is 1. The molecule has 1 unspecified atom stereocenters. The Kier molecular flexibility index (Phi) is 3.19. The molecule has 3 nitrogen and oxygen atoms in total. The second kappa shape index (κ2) is 4.35. The summed E-state index contributed by atoms with van der Waals surface area (Å²) in [7, 11) is 0. The van der Waals surface area contributed by atoms with Crippen molar-refractivity contribution in [1.82, 2.24) is 10.2 Å². The Morgan fingerprint density at radius 3 is 2.65 bits per heavy atom. The number of hydrogen-bond donors (Lipinski definition) is 2. The molecule has 1 atom stereocenters. The molecule has 3 heteroatoms. The molecule has 1 heterocycles. The molecule has 0 radical (unpaired) electrons. The predicted octanol–water partition coefficient (Wildman–Crippen LogP) is 3.70. The number of H-pyrrole nitrogens is 1. The summed E-state index contributed by atoms with van der Waals surface area (Å²) in [6.45, 7) is 11.1. The Morgan fingerprint density at radius 2 is 2.06 bits per heavy atom. The molecule has 2 rings (SSSR count). The second-order valence-electron chi connectivity index (χ2n) is 6.58. The highest BCUT2D eigenvalue weighted by Crippen LogP contribution is 2.38. The maximum absolute atomic E-state index is 4.48. The van der Waals surface area contributed by atoms with Gasteiger partial charge in [0.15, 0.2) is 5.82 Å². The van der Waals surface area contributed by atoms with E-state index in [9.17, 15) is 0 Å². The third-order valence-electron chi connectivity index (χ3n) is 3.51. The van der Waals surface area contributed by atoms with Crippen molar-refractivity contribution in [3.63, 3.8) is 0 Å². The van der Waals surface area contributed by atoms with Gasteiger partial charge in [0, 0.05) is 22.7 Å². The summed E-state index contributed by atoms with van der Waals surface area (Å²) in [6.07, 6.45) is 3.74. The number of anilines is 1. The van der Waals surface area contributed by atoms with Crippen LogP contribution in [0.3, 0.4) is 0 Å². The van der Waals surface area contributed by atoms with Gasteiger partial charge in [0.2, 0.25) is 0 Å². The lowest BCUT2D eigenvalue weighted by atomic mass is 9.80. The van der Waals surface area contributed by atoms with Crippen LogP contribution in [-0.2, 0) is 6.42 Å². The summed E-state index contributed by atoms with van der Waals surface area (Å²) in [5.41, 5.74) is 2.87. The lowest BCUT2D eigenvalue weighted by Gasteiger charge is -2.27. The van der Waals surface area contributed by atoms with Crippen LogP contribution in [0, 0.1) is 5.92 Å². The molecule has 0 saturated heterocycles. The van der Waals surface area contributed by atoms with Gasteiger partial charge in [0.1, 0.15) is 0 Å². The zero-order valence-corrected chi connectivity index (χ0v) is 11.7. The smallest absolute Gasteiger partial charge is 0.151 e. The van der Waals surface area contributed by atoms with Crippen molar-refractivity contribution in [2.24, 2.45) is 5.92 Å². The standard InChI is InChI=1S/C14H25N3/c1-9(2)10-7-6-8-11-12(10)16-17-13(11)15-14(3,4)5/h9-10H,6-8H2,1-5H3,(H2,15,16,17). The molecule has 1 aliphatic carbocycles. The minimum Gasteiger partial charge on any atom is -0.364 e. The van der Waals surface area contributed by atoms with E-state index in [0.29, 0.717) is 11.8 Å². The maximum atomic E-state index is 4.48. The van der Waals surface area contributed by atoms with E-state index in [4.69, 9.17) is 0 Å². The number of nitrogens with one attached hydrogen (secondary N) is 2. The van der Waals surface area contributed by atoms with Gasteiger partial charge in [-0.3, -0.25) is 5.10 Å². The number of aromatic nitrogens is 2. The van der Waals surface area contributed by atoms with Crippen molar-refractivity contribution in [2.45, 2.75) is 65.3 Å². The minimum atomic E-state index is 0.0771. The van der Waals surface area contributed by atoms with Crippen LogP contribution in [0.2, 0.25) is 0 Å². The predicted molar refractivity (Wildman–Crippen MR) is 72.5 cm³/mol. The third kappa shape index (κ3) is 2.64. The molecule has 96 valence electrons. The molecule has 1 aromatic heterocycles. The van der Waals surface area contributed by atoms with Crippen LogP contribution in [0.1, 0.15) is 64.6 Å². The quantitative estimate of drug-likeness (QED) is 0.820. The monoisotopic (exact) mass is 235 g/mol. The van der Waals surface area contributed by atoms with E-state index in [0.717, 1.165) is 12.2 Å². The minimum absolute atomic E-state index is 0.0771. The molecule has 0 amide bonds. The molecule has 0 aromatic carbocycles. The first-order valence-electron chi connectivity index (χ1n) is 6.74. The fraction of sp³-hybridized carbons (Fsp3) is 0.786. The Labute approximate surface area is 104 Å². The molecule has 0 fully saturated rings. The van der Waals surface area contributed by atoms with Crippen LogP contribution in [0.25, 0.3) is 0 Å². The SMILES string of the molecule is CC(C)C1CCCc2c(NC(C)(C)C)n[nH]c21.